The van der Waals surface area contributed by atoms with Gasteiger partial charge in [0.1, 0.15) is 0 Å². The normalized spacial score (nSPS) is 15.4. The molecule has 1 fully saturated rings. The van der Waals surface area contributed by atoms with Gasteiger partial charge in [0.2, 0.25) is 0 Å². The number of hydrogen-bond acceptors (Lipinski definition) is 4. The average molecular weight is 469 g/mol. The first-order chi connectivity index (χ1) is 13.0. The first-order valence-corrected chi connectivity index (χ1v) is 10.0. The molecule has 140 valence electrons. The molecule has 27 heavy (non-hydrogen) atoms. The molecule has 0 spiro atoms. The minimum atomic E-state index is -0.0641. The lowest BCUT2D eigenvalue weighted by Crippen LogP contribution is -2.48. The first-order valence-electron chi connectivity index (χ1n) is 8.46. The van der Waals surface area contributed by atoms with E-state index in [0.717, 1.165) is 29.7 Å². The fourth-order valence-electron chi connectivity index (χ4n) is 3.13. The molecule has 1 saturated heterocycles. The average Bonchev–Trinajstić information content (AvgIpc) is 3.08. The molecule has 1 aromatic carbocycles. The number of piperazine rings is 1. The number of benzene rings is 1. The Balaban J connectivity index is 1.39. The summed E-state index contributed by atoms with van der Waals surface area (Å²) < 4.78 is 2.42. The SMILES string of the molecule is O=C(c1cc2ncc(Br)cn2n1)N1CCN(Cc2ccc(Cl)c(Cl)c2)CC1. The van der Waals surface area contributed by atoms with E-state index in [9.17, 15) is 4.79 Å². The summed E-state index contributed by atoms with van der Waals surface area (Å²) in [6.45, 7) is 3.69. The van der Waals surface area contributed by atoms with E-state index in [1.165, 1.54) is 0 Å². The monoisotopic (exact) mass is 467 g/mol. The van der Waals surface area contributed by atoms with E-state index in [2.05, 4.69) is 30.9 Å². The van der Waals surface area contributed by atoms with Gasteiger partial charge in [0.25, 0.3) is 5.91 Å². The molecule has 0 saturated carbocycles. The first kappa shape index (κ1) is 18.7. The van der Waals surface area contributed by atoms with Gasteiger partial charge in [-0.3, -0.25) is 9.69 Å². The van der Waals surface area contributed by atoms with E-state index >= 15 is 0 Å². The van der Waals surface area contributed by atoms with E-state index in [1.807, 2.05) is 23.1 Å². The van der Waals surface area contributed by atoms with Gasteiger partial charge >= 0.3 is 0 Å². The van der Waals surface area contributed by atoms with Gasteiger partial charge in [-0.25, -0.2) is 9.50 Å². The van der Waals surface area contributed by atoms with Crippen LogP contribution in [-0.2, 0) is 6.54 Å². The second-order valence-electron chi connectivity index (χ2n) is 6.42. The van der Waals surface area contributed by atoms with Crippen LogP contribution in [0.5, 0.6) is 0 Å². The Labute approximate surface area is 174 Å². The molecule has 0 atom stereocenters. The Kier molecular flexibility index (Phi) is 5.36. The highest BCUT2D eigenvalue weighted by atomic mass is 79.9. The van der Waals surface area contributed by atoms with Gasteiger partial charge in [-0.2, -0.15) is 5.10 Å². The van der Waals surface area contributed by atoms with E-state index in [0.29, 0.717) is 34.5 Å². The lowest BCUT2D eigenvalue weighted by Gasteiger charge is -2.34. The summed E-state index contributed by atoms with van der Waals surface area (Å²) in [7, 11) is 0. The highest BCUT2D eigenvalue weighted by molar-refractivity contribution is 9.10. The number of halogens is 3. The van der Waals surface area contributed by atoms with Crippen molar-refractivity contribution in [2.75, 3.05) is 26.2 Å². The fraction of sp³-hybridized carbons (Fsp3) is 0.278. The van der Waals surface area contributed by atoms with Crippen LogP contribution in [-0.4, -0.2) is 56.5 Å². The fourth-order valence-corrected chi connectivity index (χ4v) is 3.74. The smallest absolute Gasteiger partial charge is 0.274 e. The number of rotatable bonds is 3. The molecule has 2 aromatic heterocycles. The maximum Gasteiger partial charge on any atom is 0.274 e. The lowest BCUT2D eigenvalue weighted by atomic mass is 10.2. The van der Waals surface area contributed by atoms with Crippen molar-refractivity contribution in [3.63, 3.8) is 0 Å². The minimum Gasteiger partial charge on any atom is -0.335 e. The summed E-state index contributed by atoms with van der Waals surface area (Å²) in [5, 5.41) is 5.47. The van der Waals surface area contributed by atoms with Crippen LogP contribution in [0.1, 0.15) is 16.1 Å². The van der Waals surface area contributed by atoms with Crippen LogP contribution in [0.25, 0.3) is 5.65 Å². The molecule has 0 N–H and O–H groups in total. The number of fused-ring (bicyclic) bond motifs is 1. The molecular weight excluding hydrogens is 453 g/mol. The third-order valence-corrected chi connectivity index (χ3v) is 5.70. The molecule has 9 heteroatoms. The van der Waals surface area contributed by atoms with Crippen molar-refractivity contribution in [2.24, 2.45) is 0 Å². The van der Waals surface area contributed by atoms with Crippen molar-refractivity contribution < 1.29 is 4.79 Å². The molecule has 0 bridgehead atoms. The van der Waals surface area contributed by atoms with Gasteiger partial charge in [-0.15, -0.1) is 0 Å². The van der Waals surface area contributed by atoms with Gasteiger partial charge in [0.15, 0.2) is 11.3 Å². The van der Waals surface area contributed by atoms with Gasteiger partial charge in [0, 0.05) is 51.2 Å². The molecule has 1 aliphatic heterocycles. The number of aromatic nitrogens is 3. The van der Waals surface area contributed by atoms with Crippen LogP contribution >= 0.6 is 39.1 Å². The number of hydrogen-bond donors (Lipinski definition) is 0. The lowest BCUT2D eigenvalue weighted by molar-refractivity contribution is 0.0622. The number of carbonyl (C=O) groups excluding carboxylic acids is 1. The highest BCUT2D eigenvalue weighted by Crippen LogP contribution is 2.23. The molecule has 1 aliphatic rings. The maximum absolute atomic E-state index is 12.8. The van der Waals surface area contributed by atoms with Crippen molar-refractivity contribution in [1.29, 1.82) is 0 Å². The Hall–Kier alpha value is -1.67. The highest BCUT2D eigenvalue weighted by Gasteiger charge is 2.24. The van der Waals surface area contributed by atoms with Gasteiger partial charge in [-0.05, 0) is 33.6 Å². The van der Waals surface area contributed by atoms with Crippen molar-refractivity contribution in [3.8, 4) is 0 Å². The Bertz CT molecular complexity index is 1000. The third-order valence-electron chi connectivity index (χ3n) is 4.55. The Morgan fingerprint density at radius 3 is 2.63 bits per heavy atom. The van der Waals surface area contributed by atoms with Gasteiger partial charge < -0.3 is 4.90 Å². The van der Waals surface area contributed by atoms with E-state index in [1.54, 1.807) is 23.0 Å². The molecule has 3 heterocycles. The van der Waals surface area contributed by atoms with Crippen LogP contribution < -0.4 is 0 Å². The van der Waals surface area contributed by atoms with Crippen LogP contribution in [0.3, 0.4) is 0 Å². The van der Waals surface area contributed by atoms with Gasteiger partial charge in [-0.1, -0.05) is 29.3 Å². The summed E-state index contributed by atoms with van der Waals surface area (Å²) >= 11 is 15.4. The number of nitrogens with zero attached hydrogens (tertiary/aromatic N) is 5. The zero-order valence-electron chi connectivity index (χ0n) is 14.3. The predicted octanol–water partition coefficient (Wildman–Crippen LogP) is 3.76. The zero-order chi connectivity index (χ0) is 19.0. The molecule has 0 aliphatic carbocycles. The molecule has 4 rings (SSSR count). The largest absolute Gasteiger partial charge is 0.335 e. The number of amides is 1. The molecule has 0 radical (unpaired) electrons. The summed E-state index contributed by atoms with van der Waals surface area (Å²) in [5.41, 5.74) is 2.18. The third kappa shape index (κ3) is 4.11. The quantitative estimate of drug-likeness (QED) is 0.587. The predicted molar refractivity (Wildman–Crippen MR) is 108 cm³/mol. The summed E-state index contributed by atoms with van der Waals surface area (Å²) in [6.07, 6.45) is 3.47. The Morgan fingerprint density at radius 2 is 1.89 bits per heavy atom. The van der Waals surface area contributed by atoms with Crippen LogP contribution in [0.4, 0.5) is 0 Å². The summed E-state index contributed by atoms with van der Waals surface area (Å²) in [6, 6.07) is 7.41. The molecule has 0 unspecified atom stereocenters. The second-order valence-corrected chi connectivity index (χ2v) is 8.15. The van der Waals surface area contributed by atoms with Crippen molar-refractivity contribution >= 4 is 50.7 Å². The Morgan fingerprint density at radius 1 is 1.11 bits per heavy atom. The van der Waals surface area contributed by atoms with E-state index in [-0.39, 0.29) is 5.91 Å². The zero-order valence-corrected chi connectivity index (χ0v) is 17.4. The number of carbonyl (C=O) groups is 1. The summed E-state index contributed by atoms with van der Waals surface area (Å²) in [5.74, 6) is -0.0641. The van der Waals surface area contributed by atoms with Gasteiger partial charge in [0.05, 0.1) is 14.5 Å². The van der Waals surface area contributed by atoms with Crippen LogP contribution in [0.2, 0.25) is 10.0 Å². The second kappa shape index (κ2) is 7.75. The van der Waals surface area contributed by atoms with Crippen molar-refractivity contribution in [1.82, 2.24) is 24.4 Å². The molecule has 6 nitrogen and oxygen atoms in total. The van der Waals surface area contributed by atoms with Crippen molar-refractivity contribution in [3.05, 3.63) is 62.4 Å². The standard InChI is InChI=1S/C18H16BrCl2N5O/c19-13-9-22-17-8-16(23-26(17)11-13)18(27)25-5-3-24(4-6-25)10-12-1-2-14(20)15(21)7-12/h1-2,7-9,11H,3-6,10H2. The minimum absolute atomic E-state index is 0.0641. The summed E-state index contributed by atoms with van der Waals surface area (Å²) in [4.78, 5) is 21.1. The van der Waals surface area contributed by atoms with E-state index in [4.69, 9.17) is 23.2 Å². The van der Waals surface area contributed by atoms with Crippen LogP contribution in [0, 0.1) is 0 Å². The maximum atomic E-state index is 12.8. The van der Waals surface area contributed by atoms with Crippen LogP contribution in [0.15, 0.2) is 41.1 Å². The molecular formula is C18H16BrCl2N5O. The van der Waals surface area contributed by atoms with E-state index < -0.39 is 0 Å². The molecule has 1 amide bonds. The van der Waals surface area contributed by atoms with Crippen molar-refractivity contribution in [2.45, 2.75) is 6.54 Å². The molecule has 3 aromatic rings. The topological polar surface area (TPSA) is 53.7 Å².